The van der Waals surface area contributed by atoms with Gasteiger partial charge in [-0.25, -0.2) is 0 Å². The average Bonchev–Trinajstić information content (AvgIpc) is 3.13. The third-order valence-electron chi connectivity index (χ3n) is 10.9. The summed E-state index contributed by atoms with van der Waals surface area (Å²) in [7, 11) is 0. The van der Waals surface area contributed by atoms with E-state index in [0.29, 0.717) is 0 Å². The van der Waals surface area contributed by atoms with E-state index in [0.717, 1.165) is 19.7 Å². The SMILES string of the molecule is CCCCCCCCCCCCCCCCCC[NH][Ti]([NH]CCCCCCCCCCCCCCCCCC)[O]CCCCCCCCCC.Cl. The smallest absolute Gasteiger partial charge is 0.147 e. The second kappa shape index (κ2) is 50.9. The number of hydrogen-bond donors (Lipinski definition) is 2. The minimum Gasteiger partial charge on any atom is -0.147 e. The molecule has 0 fully saturated rings. The van der Waals surface area contributed by atoms with Crippen molar-refractivity contribution >= 4 is 12.4 Å². The first-order chi connectivity index (χ1) is 24.8. The van der Waals surface area contributed by atoms with E-state index in [1.807, 2.05) is 0 Å². The predicted molar refractivity (Wildman–Crippen MR) is 231 cm³/mol. The summed E-state index contributed by atoms with van der Waals surface area (Å²) >= 11 is -1.80. The fourth-order valence-electron chi connectivity index (χ4n) is 7.32. The molecule has 309 valence electrons. The maximum Gasteiger partial charge on any atom is -0.147 e. The Balaban J connectivity index is 0. The van der Waals surface area contributed by atoms with Crippen molar-refractivity contribution in [2.75, 3.05) is 19.7 Å². The maximum atomic E-state index is 6.49. The van der Waals surface area contributed by atoms with Crippen LogP contribution in [0.2, 0.25) is 0 Å². The first-order valence-corrected chi connectivity index (χ1v) is 26.0. The fraction of sp³-hybridized carbons (Fsp3) is 1.00. The summed E-state index contributed by atoms with van der Waals surface area (Å²) in [5.41, 5.74) is 0. The summed E-state index contributed by atoms with van der Waals surface area (Å²) in [6, 6.07) is 0. The van der Waals surface area contributed by atoms with Crippen molar-refractivity contribution in [3.8, 4) is 0 Å². The van der Waals surface area contributed by atoms with Gasteiger partial charge >= 0.3 is 236 Å². The molecular formula is C46H98ClN2OTi. The van der Waals surface area contributed by atoms with Crippen LogP contribution in [0.4, 0.5) is 0 Å². The predicted octanol–water partition coefficient (Wildman–Crippen LogP) is 16.6. The summed E-state index contributed by atoms with van der Waals surface area (Å²) in [6.45, 7) is 10.2. The Morgan fingerprint density at radius 1 is 0.275 bits per heavy atom. The van der Waals surface area contributed by atoms with E-state index < -0.39 is 18.8 Å². The zero-order valence-electron chi connectivity index (χ0n) is 35.7. The van der Waals surface area contributed by atoms with Gasteiger partial charge in [-0.1, -0.05) is 90.9 Å². The molecule has 0 spiro atoms. The van der Waals surface area contributed by atoms with E-state index in [2.05, 4.69) is 28.4 Å². The Kier molecular flexibility index (Phi) is 53.9. The first kappa shape index (κ1) is 54.0. The van der Waals surface area contributed by atoms with Crippen LogP contribution in [-0.4, -0.2) is 19.7 Å². The minimum atomic E-state index is -1.80. The van der Waals surface area contributed by atoms with Gasteiger partial charge in [0.1, 0.15) is 0 Å². The molecular weight excluding hydrogens is 680 g/mol. The minimum absolute atomic E-state index is 0. The van der Waals surface area contributed by atoms with E-state index in [4.69, 9.17) is 3.32 Å². The van der Waals surface area contributed by atoms with Gasteiger partial charge in [0.25, 0.3) is 0 Å². The molecule has 0 saturated carbocycles. The molecule has 0 aliphatic carbocycles. The van der Waals surface area contributed by atoms with Gasteiger partial charge < -0.3 is 0 Å². The maximum absolute atomic E-state index is 6.49. The Bertz CT molecular complexity index is 545. The second-order valence-corrected chi connectivity index (χ2v) is 18.7. The number of halogens is 1. The molecule has 3 nitrogen and oxygen atoms in total. The standard InChI is InChI=1S/2C18H38N.C10H21O.ClH.Ti/c2*1-2-3-4-5-6-7-8-9-10-11-12-13-14-15-16-17-18-19;1-2-3-4-5-6-7-8-9-10-11;;/h2*19H,2-18H2,1H3;2-10H2,1H3;1H;/q3*-1;;+3. The van der Waals surface area contributed by atoms with Gasteiger partial charge in [0.15, 0.2) is 0 Å². The van der Waals surface area contributed by atoms with Crippen LogP contribution in [0.25, 0.3) is 0 Å². The Hall–Kier alpha value is 0.884. The molecule has 0 aromatic rings. The zero-order valence-corrected chi connectivity index (χ0v) is 38.1. The van der Waals surface area contributed by atoms with E-state index in [9.17, 15) is 0 Å². The molecule has 51 heavy (non-hydrogen) atoms. The molecule has 5 heteroatoms. The van der Waals surface area contributed by atoms with Gasteiger partial charge in [0.2, 0.25) is 0 Å². The molecule has 0 radical (unpaired) electrons. The molecule has 0 atom stereocenters. The third-order valence-corrected chi connectivity index (χ3v) is 13.4. The van der Waals surface area contributed by atoms with Gasteiger partial charge in [-0.05, 0) is 0 Å². The summed E-state index contributed by atoms with van der Waals surface area (Å²) in [6.07, 6.45) is 57.0. The van der Waals surface area contributed by atoms with Crippen LogP contribution in [0.15, 0.2) is 0 Å². The van der Waals surface area contributed by atoms with E-state index in [1.54, 1.807) is 0 Å². The summed E-state index contributed by atoms with van der Waals surface area (Å²) in [5, 5.41) is 0. The summed E-state index contributed by atoms with van der Waals surface area (Å²) in [5.74, 6) is 0. The third kappa shape index (κ3) is 48.9. The van der Waals surface area contributed by atoms with Crippen LogP contribution in [0.3, 0.4) is 0 Å². The van der Waals surface area contributed by atoms with E-state index in [1.165, 1.54) is 257 Å². The van der Waals surface area contributed by atoms with Crippen LogP contribution < -0.4 is 7.60 Å². The molecule has 0 aliphatic heterocycles. The molecule has 0 bridgehead atoms. The van der Waals surface area contributed by atoms with Crippen molar-refractivity contribution in [2.24, 2.45) is 0 Å². The first-order valence-electron chi connectivity index (χ1n) is 23.8. The van der Waals surface area contributed by atoms with Crippen LogP contribution in [0.1, 0.15) is 278 Å². The van der Waals surface area contributed by atoms with Crippen molar-refractivity contribution in [1.82, 2.24) is 7.60 Å². The number of nitrogens with one attached hydrogen (secondary N) is 2. The van der Waals surface area contributed by atoms with Crippen molar-refractivity contribution in [3.63, 3.8) is 0 Å². The van der Waals surface area contributed by atoms with Gasteiger partial charge in [0, 0.05) is 0 Å². The van der Waals surface area contributed by atoms with Crippen LogP contribution >= 0.6 is 12.4 Å². The van der Waals surface area contributed by atoms with Gasteiger partial charge in [-0.2, -0.15) is 0 Å². The largest absolute Gasteiger partial charge is 0.147 e. The normalized spacial score (nSPS) is 11.4. The Morgan fingerprint density at radius 3 is 0.706 bits per heavy atom. The van der Waals surface area contributed by atoms with Crippen LogP contribution in [0.5, 0.6) is 0 Å². The zero-order chi connectivity index (χ0) is 36.1. The van der Waals surface area contributed by atoms with E-state index in [-0.39, 0.29) is 12.4 Å². The summed E-state index contributed by atoms with van der Waals surface area (Å²) in [4.78, 5) is 0. The topological polar surface area (TPSA) is 33.3 Å². The fourth-order valence-corrected chi connectivity index (χ4v) is 9.64. The number of unbranched alkanes of at least 4 members (excludes halogenated alkanes) is 37. The van der Waals surface area contributed by atoms with Gasteiger partial charge in [-0.3, -0.25) is 0 Å². The second-order valence-electron chi connectivity index (χ2n) is 16.1. The van der Waals surface area contributed by atoms with Gasteiger partial charge in [0.05, 0.1) is 0 Å². The van der Waals surface area contributed by atoms with Gasteiger partial charge in [-0.15, -0.1) is 12.4 Å². The molecule has 0 rings (SSSR count). The molecule has 0 unspecified atom stereocenters. The van der Waals surface area contributed by atoms with Crippen LogP contribution in [-0.2, 0) is 22.1 Å². The summed E-state index contributed by atoms with van der Waals surface area (Å²) < 4.78 is 14.3. The molecule has 0 aromatic heterocycles. The van der Waals surface area contributed by atoms with E-state index >= 15 is 0 Å². The van der Waals surface area contributed by atoms with Crippen LogP contribution in [0, 0.1) is 0 Å². The molecule has 0 heterocycles. The number of rotatable bonds is 46. The number of hydrogen-bond acceptors (Lipinski definition) is 3. The average molecular weight is 779 g/mol. The molecule has 0 amide bonds. The Labute approximate surface area is 337 Å². The van der Waals surface area contributed by atoms with Crippen molar-refractivity contribution < 1.29 is 22.1 Å². The van der Waals surface area contributed by atoms with Crippen molar-refractivity contribution in [1.29, 1.82) is 0 Å². The quantitative estimate of drug-likeness (QED) is 0.0477. The van der Waals surface area contributed by atoms with Crippen molar-refractivity contribution in [3.05, 3.63) is 0 Å². The molecule has 2 N–H and O–H groups in total. The monoisotopic (exact) mass is 778 g/mol. The molecule has 0 saturated heterocycles. The Morgan fingerprint density at radius 2 is 0.471 bits per heavy atom. The van der Waals surface area contributed by atoms with Crippen molar-refractivity contribution in [2.45, 2.75) is 278 Å². The molecule has 0 aromatic carbocycles. The molecule has 0 aliphatic rings.